The van der Waals surface area contributed by atoms with Crippen molar-refractivity contribution in [1.82, 2.24) is 29.5 Å². The third-order valence-corrected chi connectivity index (χ3v) is 5.20. The van der Waals surface area contributed by atoms with E-state index in [0.717, 1.165) is 41.4 Å². The number of fused-ring (bicyclic) bond motifs is 1. The molecule has 7 nitrogen and oxygen atoms in total. The molecule has 7 heteroatoms. The van der Waals surface area contributed by atoms with Crippen LogP contribution in [-0.2, 0) is 0 Å². The van der Waals surface area contributed by atoms with Crippen molar-refractivity contribution >= 4 is 5.65 Å². The van der Waals surface area contributed by atoms with Crippen molar-refractivity contribution in [3.8, 4) is 28.3 Å². The molecule has 1 aliphatic heterocycles. The molecular formula is C21H20N6O. The molecular weight excluding hydrogens is 352 g/mol. The van der Waals surface area contributed by atoms with Gasteiger partial charge >= 0.3 is 0 Å². The van der Waals surface area contributed by atoms with Gasteiger partial charge in [0.15, 0.2) is 5.65 Å². The van der Waals surface area contributed by atoms with Crippen LogP contribution in [0.25, 0.3) is 28.2 Å². The normalized spacial score (nSPS) is 15.1. The van der Waals surface area contributed by atoms with Gasteiger partial charge in [0.2, 0.25) is 0 Å². The van der Waals surface area contributed by atoms with Crippen LogP contribution in [0.4, 0.5) is 0 Å². The van der Waals surface area contributed by atoms with Crippen LogP contribution in [0.5, 0.6) is 5.75 Å². The fourth-order valence-corrected chi connectivity index (χ4v) is 3.67. The minimum Gasteiger partial charge on any atom is -0.507 e. The van der Waals surface area contributed by atoms with Gasteiger partial charge in [-0.25, -0.2) is 4.98 Å². The number of likely N-dealkylation sites (N-methyl/N-ethyl adjacent to an activating group) is 1. The fourth-order valence-electron chi connectivity index (χ4n) is 3.67. The molecule has 5 rings (SSSR count). The van der Waals surface area contributed by atoms with Crippen LogP contribution in [0.2, 0.25) is 0 Å². The van der Waals surface area contributed by atoms with E-state index in [2.05, 4.69) is 32.1 Å². The molecule has 0 saturated carbocycles. The monoisotopic (exact) mass is 372 g/mol. The number of nitrogens with zero attached hydrogens (tertiary/aromatic N) is 6. The lowest BCUT2D eigenvalue weighted by atomic mass is 9.96. The number of benzene rings is 1. The second kappa shape index (κ2) is 6.38. The highest BCUT2D eigenvalue weighted by Crippen LogP contribution is 2.32. The topological polar surface area (TPSA) is 79.4 Å². The summed E-state index contributed by atoms with van der Waals surface area (Å²) in [7, 11) is 2.10. The predicted octanol–water partition coefficient (Wildman–Crippen LogP) is 2.90. The minimum atomic E-state index is 0.159. The first-order valence-electron chi connectivity index (χ1n) is 9.24. The van der Waals surface area contributed by atoms with E-state index in [4.69, 9.17) is 0 Å². The summed E-state index contributed by atoms with van der Waals surface area (Å²) in [5.41, 5.74) is 5.66. The van der Waals surface area contributed by atoms with Crippen LogP contribution in [0.15, 0.2) is 48.9 Å². The standard InChI is InChI=1S/C21H20N6O/c1-13-9-27-12-19(22-8-21(27)23-13)14-3-4-16(20(28)7-14)18-6-5-17(24-25-18)15-10-26(2)11-15/h3-9,12,15,28H,10-11H2,1-2H3. The summed E-state index contributed by atoms with van der Waals surface area (Å²) in [6.45, 7) is 3.98. The maximum Gasteiger partial charge on any atom is 0.155 e. The van der Waals surface area contributed by atoms with Gasteiger partial charge in [0.1, 0.15) is 5.75 Å². The second-order valence-electron chi connectivity index (χ2n) is 7.41. The first-order chi connectivity index (χ1) is 13.6. The van der Waals surface area contributed by atoms with Crippen molar-refractivity contribution in [1.29, 1.82) is 0 Å². The molecule has 1 saturated heterocycles. The number of phenolic OH excluding ortho intramolecular Hbond substituents is 1. The SMILES string of the molecule is Cc1cn2cc(-c3ccc(-c4ccc(C5CN(C)C5)nn4)c(O)c3)ncc2n1. The van der Waals surface area contributed by atoms with Gasteiger partial charge in [0.05, 0.1) is 29.0 Å². The molecule has 1 aliphatic rings. The van der Waals surface area contributed by atoms with Gasteiger partial charge in [0, 0.05) is 42.5 Å². The Balaban J connectivity index is 1.44. The molecule has 1 fully saturated rings. The maximum absolute atomic E-state index is 10.6. The van der Waals surface area contributed by atoms with E-state index in [0.29, 0.717) is 17.2 Å². The second-order valence-corrected chi connectivity index (χ2v) is 7.41. The molecule has 1 N–H and O–H groups in total. The molecule has 0 spiro atoms. The molecule has 0 bridgehead atoms. The van der Waals surface area contributed by atoms with E-state index in [1.165, 1.54) is 0 Å². The van der Waals surface area contributed by atoms with Gasteiger partial charge in [-0.05, 0) is 38.2 Å². The van der Waals surface area contributed by atoms with E-state index in [9.17, 15) is 5.11 Å². The molecule has 0 unspecified atom stereocenters. The zero-order valence-electron chi connectivity index (χ0n) is 15.7. The highest BCUT2D eigenvalue weighted by Gasteiger charge is 2.26. The average molecular weight is 372 g/mol. The largest absolute Gasteiger partial charge is 0.507 e. The number of hydrogen-bond donors (Lipinski definition) is 1. The Morgan fingerprint density at radius 3 is 2.61 bits per heavy atom. The summed E-state index contributed by atoms with van der Waals surface area (Å²) < 4.78 is 1.94. The Bertz CT molecular complexity index is 1160. The maximum atomic E-state index is 10.6. The van der Waals surface area contributed by atoms with Gasteiger partial charge < -0.3 is 14.4 Å². The highest BCUT2D eigenvalue weighted by atomic mass is 16.3. The lowest BCUT2D eigenvalue weighted by Gasteiger charge is -2.35. The molecule has 0 radical (unpaired) electrons. The number of imidazole rings is 1. The van der Waals surface area contributed by atoms with Gasteiger partial charge in [-0.15, -0.1) is 0 Å². The summed E-state index contributed by atoms with van der Waals surface area (Å²) in [6.07, 6.45) is 5.59. The summed E-state index contributed by atoms with van der Waals surface area (Å²) in [4.78, 5) is 11.1. The Kier molecular flexibility index (Phi) is 3.84. The van der Waals surface area contributed by atoms with Crippen molar-refractivity contribution in [2.24, 2.45) is 0 Å². The molecule has 3 aromatic heterocycles. The van der Waals surface area contributed by atoms with Gasteiger partial charge in [-0.2, -0.15) is 10.2 Å². The predicted molar refractivity (Wildman–Crippen MR) is 106 cm³/mol. The van der Waals surface area contributed by atoms with Gasteiger partial charge in [-0.1, -0.05) is 6.07 Å². The number of phenols is 1. The fraction of sp³-hybridized carbons (Fsp3) is 0.238. The van der Waals surface area contributed by atoms with Crippen molar-refractivity contribution < 1.29 is 5.11 Å². The average Bonchev–Trinajstić information content (AvgIpc) is 3.05. The number of likely N-dealkylation sites (tertiary alicyclic amines) is 1. The van der Waals surface area contributed by atoms with Gasteiger partial charge in [-0.3, -0.25) is 4.98 Å². The number of hydrogen-bond acceptors (Lipinski definition) is 6. The van der Waals surface area contributed by atoms with Crippen LogP contribution in [0, 0.1) is 6.92 Å². The smallest absolute Gasteiger partial charge is 0.155 e. The summed E-state index contributed by atoms with van der Waals surface area (Å²) in [6, 6.07) is 9.43. The molecule has 4 aromatic rings. The Hall–Kier alpha value is -3.32. The summed E-state index contributed by atoms with van der Waals surface area (Å²) in [5.74, 6) is 0.613. The quantitative estimate of drug-likeness (QED) is 0.596. The molecule has 0 amide bonds. The van der Waals surface area contributed by atoms with E-state index in [1.54, 1.807) is 12.3 Å². The number of aromatic nitrogens is 5. The zero-order valence-corrected chi connectivity index (χ0v) is 15.7. The lowest BCUT2D eigenvalue weighted by molar-refractivity contribution is 0.186. The van der Waals surface area contributed by atoms with Crippen LogP contribution in [0.1, 0.15) is 17.3 Å². The lowest BCUT2D eigenvalue weighted by Crippen LogP contribution is -2.42. The molecule has 140 valence electrons. The van der Waals surface area contributed by atoms with Crippen LogP contribution in [-0.4, -0.2) is 54.7 Å². The molecule has 0 aliphatic carbocycles. The number of rotatable bonds is 3. The number of aromatic hydroxyl groups is 1. The van der Waals surface area contributed by atoms with E-state index in [1.807, 2.05) is 48.0 Å². The van der Waals surface area contributed by atoms with E-state index >= 15 is 0 Å². The molecule has 28 heavy (non-hydrogen) atoms. The third kappa shape index (κ3) is 2.90. The number of aryl methyl sites for hydroxylation is 1. The van der Waals surface area contributed by atoms with E-state index < -0.39 is 0 Å². The Morgan fingerprint density at radius 2 is 1.89 bits per heavy atom. The van der Waals surface area contributed by atoms with Crippen LogP contribution in [0.3, 0.4) is 0 Å². The van der Waals surface area contributed by atoms with E-state index in [-0.39, 0.29) is 5.75 Å². The highest BCUT2D eigenvalue weighted by molar-refractivity contribution is 5.72. The molecule has 4 heterocycles. The Labute approximate surface area is 162 Å². The zero-order chi connectivity index (χ0) is 19.3. The molecule has 0 atom stereocenters. The van der Waals surface area contributed by atoms with Crippen molar-refractivity contribution in [2.75, 3.05) is 20.1 Å². The van der Waals surface area contributed by atoms with Gasteiger partial charge in [0.25, 0.3) is 0 Å². The first-order valence-corrected chi connectivity index (χ1v) is 9.24. The van der Waals surface area contributed by atoms with Crippen LogP contribution >= 0.6 is 0 Å². The minimum absolute atomic E-state index is 0.159. The van der Waals surface area contributed by atoms with Crippen molar-refractivity contribution in [3.05, 3.63) is 60.3 Å². The van der Waals surface area contributed by atoms with Crippen molar-refractivity contribution in [3.63, 3.8) is 0 Å². The van der Waals surface area contributed by atoms with Crippen LogP contribution < -0.4 is 0 Å². The van der Waals surface area contributed by atoms with Crippen molar-refractivity contribution in [2.45, 2.75) is 12.8 Å². The Morgan fingerprint density at radius 1 is 1.04 bits per heavy atom. The first kappa shape index (κ1) is 16.8. The summed E-state index contributed by atoms with van der Waals surface area (Å²) in [5, 5.41) is 19.3. The third-order valence-electron chi connectivity index (χ3n) is 5.20. The molecule has 1 aromatic carbocycles. The summed E-state index contributed by atoms with van der Waals surface area (Å²) >= 11 is 0.